The molecule has 0 heterocycles. The Morgan fingerprint density at radius 2 is 1.06 bits per heavy atom. The number of aryl methyl sites for hydroxylation is 1. The van der Waals surface area contributed by atoms with Crippen LogP contribution >= 0.6 is 0 Å². The summed E-state index contributed by atoms with van der Waals surface area (Å²) in [7, 11) is 0. The standard InChI is InChI=1S/C30H47NO/c1-2-3-4-5-6-7-8-9-10-11-12-13-14-15-16-18-21-27-26-29(24-25-30(27)32)31-28-22-19-17-20-23-28/h17,19-20,22-26,31-32H,2-16,18,21H2,1H3. The van der Waals surface area contributed by atoms with Crippen molar-refractivity contribution in [1.29, 1.82) is 0 Å². The van der Waals surface area contributed by atoms with Gasteiger partial charge >= 0.3 is 0 Å². The molecule has 2 N–H and O–H groups in total. The van der Waals surface area contributed by atoms with Crippen LogP contribution in [-0.2, 0) is 6.42 Å². The molecule has 32 heavy (non-hydrogen) atoms. The van der Waals surface area contributed by atoms with E-state index in [1.807, 2.05) is 30.3 Å². The van der Waals surface area contributed by atoms with Crippen molar-refractivity contribution in [2.24, 2.45) is 0 Å². The number of hydrogen-bond acceptors (Lipinski definition) is 2. The van der Waals surface area contributed by atoms with Crippen LogP contribution < -0.4 is 5.32 Å². The number of phenols is 1. The van der Waals surface area contributed by atoms with Crippen LogP contribution in [0, 0.1) is 0 Å². The number of unbranched alkanes of at least 4 members (excludes halogenated alkanes) is 15. The minimum atomic E-state index is 0.421. The number of hydrogen-bond donors (Lipinski definition) is 2. The molecule has 0 spiro atoms. The molecule has 2 nitrogen and oxygen atoms in total. The minimum Gasteiger partial charge on any atom is -0.508 e. The van der Waals surface area contributed by atoms with Gasteiger partial charge in [0.25, 0.3) is 0 Å². The quantitative estimate of drug-likeness (QED) is 0.169. The van der Waals surface area contributed by atoms with Crippen molar-refractivity contribution in [1.82, 2.24) is 0 Å². The molecule has 0 aliphatic rings. The lowest BCUT2D eigenvalue weighted by Crippen LogP contribution is -1.93. The summed E-state index contributed by atoms with van der Waals surface area (Å²) < 4.78 is 0. The Morgan fingerprint density at radius 1 is 0.562 bits per heavy atom. The third-order valence-corrected chi connectivity index (χ3v) is 6.44. The second kappa shape index (κ2) is 17.6. The van der Waals surface area contributed by atoms with E-state index in [0.29, 0.717) is 5.75 Å². The summed E-state index contributed by atoms with van der Waals surface area (Å²) in [5.74, 6) is 0.421. The normalized spacial score (nSPS) is 11.0. The summed E-state index contributed by atoms with van der Waals surface area (Å²) in [6.07, 6.45) is 23.1. The zero-order chi connectivity index (χ0) is 22.7. The van der Waals surface area contributed by atoms with Gasteiger partial charge in [-0.1, -0.05) is 121 Å². The van der Waals surface area contributed by atoms with Crippen molar-refractivity contribution in [3.63, 3.8) is 0 Å². The van der Waals surface area contributed by atoms with Gasteiger partial charge in [0.2, 0.25) is 0 Å². The Bertz CT molecular complexity index is 697. The molecule has 0 aliphatic heterocycles. The van der Waals surface area contributed by atoms with Crippen molar-refractivity contribution in [3.8, 4) is 5.75 Å². The van der Waals surface area contributed by atoms with Crippen LogP contribution in [0.4, 0.5) is 11.4 Å². The fourth-order valence-electron chi connectivity index (χ4n) is 4.42. The van der Waals surface area contributed by atoms with Crippen LogP contribution in [0.5, 0.6) is 5.75 Å². The van der Waals surface area contributed by atoms with E-state index < -0.39 is 0 Å². The van der Waals surface area contributed by atoms with E-state index in [-0.39, 0.29) is 0 Å². The second-order valence-corrected chi connectivity index (χ2v) is 9.39. The van der Waals surface area contributed by atoms with Gasteiger partial charge in [0, 0.05) is 11.4 Å². The average Bonchev–Trinajstić information content (AvgIpc) is 2.81. The molecule has 178 valence electrons. The van der Waals surface area contributed by atoms with Crippen LogP contribution in [-0.4, -0.2) is 5.11 Å². The first kappa shape index (κ1) is 26.3. The maximum atomic E-state index is 10.2. The van der Waals surface area contributed by atoms with Gasteiger partial charge in [0.1, 0.15) is 5.75 Å². The molecule has 0 radical (unpaired) electrons. The van der Waals surface area contributed by atoms with Crippen LogP contribution in [0.1, 0.15) is 115 Å². The van der Waals surface area contributed by atoms with E-state index in [1.165, 1.54) is 96.3 Å². The van der Waals surface area contributed by atoms with Crippen LogP contribution in [0.2, 0.25) is 0 Å². The lowest BCUT2D eigenvalue weighted by Gasteiger charge is -2.10. The van der Waals surface area contributed by atoms with E-state index in [1.54, 1.807) is 0 Å². The first-order valence-electron chi connectivity index (χ1n) is 13.4. The molecule has 0 bridgehead atoms. The predicted octanol–water partition coefficient (Wildman–Crippen LogP) is 9.94. The van der Waals surface area contributed by atoms with E-state index >= 15 is 0 Å². The summed E-state index contributed by atoms with van der Waals surface area (Å²) in [6, 6.07) is 16.0. The third kappa shape index (κ3) is 12.2. The summed E-state index contributed by atoms with van der Waals surface area (Å²) >= 11 is 0. The highest BCUT2D eigenvalue weighted by atomic mass is 16.3. The highest BCUT2D eigenvalue weighted by Gasteiger charge is 2.04. The number of nitrogens with one attached hydrogen (secondary N) is 1. The maximum absolute atomic E-state index is 10.2. The Hall–Kier alpha value is -1.96. The lowest BCUT2D eigenvalue weighted by molar-refractivity contribution is 0.466. The van der Waals surface area contributed by atoms with Crippen molar-refractivity contribution in [2.45, 2.75) is 116 Å². The maximum Gasteiger partial charge on any atom is 0.118 e. The van der Waals surface area contributed by atoms with E-state index in [4.69, 9.17) is 0 Å². The molecule has 2 rings (SSSR count). The zero-order valence-electron chi connectivity index (χ0n) is 20.6. The molecule has 0 saturated carbocycles. The first-order valence-corrected chi connectivity index (χ1v) is 13.4. The largest absolute Gasteiger partial charge is 0.508 e. The zero-order valence-corrected chi connectivity index (χ0v) is 20.6. The number of aromatic hydroxyl groups is 1. The molecular formula is C30H47NO. The topological polar surface area (TPSA) is 32.3 Å². The fourth-order valence-corrected chi connectivity index (χ4v) is 4.42. The van der Waals surface area contributed by atoms with Crippen LogP contribution in [0.25, 0.3) is 0 Å². The molecule has 0 aromatic heterocycles. The van der Waals surface area contributed by atoms with Gasteiger partial charge in [-0.05, 0) is 48.7 Å². The first-order chi connectivity index (χ1) is 15.8. The lowest BCUT2D eigenvalue weighted by atomic mass is 10.0. The number of phenolic OH excluding ortho intramolecular Hbond substituents is 1. The molecule has 0 aliphatic carbocycles. The minimum absolute atomic E-state index is 0.421. The van der Waals surface area contributed by atoms with Gasteiger partial charge in [-0.2, -0.15) is 0 Å². The average molecular weight is 438 g/mol. The fraction of sp³-hybridized carbons (Fsp3) is 0.600. The molecule has 0 saturated heterocycles. The molecule has 2 heteroatoms. The van der Waals surface area contributed by atoms with Gasteiger partial charge in [-0.3, -0.25) is 0 Å². The Morgan fingerprint density at radius 3 is 1.59 bits per heavy atom. The second-order valence-electron chi connectivity index (χ2n) is 9.39. The highest BCUT2D eigenvalue weighted by Crippen LogP contribution is 2.26. The summed E-state index contributed by atoms with van der Waals surface area (Å²) in [5.41, 5.74) is 3.17. The van der Waals surface area contributed by atoms with Gasteiger partial charge < -0.3 is 10.4 Å². The van der Waals surface area contributed by atoms with Crippen molar-refractivity contribution < 1.29 is 5.11 Å². The number of anilines is 2. The molecule has 0 fully saturated rings. The van der Waals surface area contributed by atoms with Crippen molar-refractivity contribution >= 4 is 11.4 Å². The molecule has 2 aromatic carbocycles. The van der Waals surface area contributed by atoms with Gasteiger partial charge in [0.05, 0.1) is 0 Å². The van der Waals surface area contributed by atoms with Crippen LogP contribution in [0.15, 0.2) is 48.5 Å². The monoisotopic (exact) mass is 437 g/mol. The molecule has 0 unspecified atom stereocenters. The van der Waals surface area contributed by atoms with E-state index in [2.05, 4.69) is 30.4 Å². The van der Waals surface area contributed by atoms with E-state index in [0.717, 1.165) is 29.8 Å². The van der Waals surface area contributed by atoms with Gasteiger partial charge in [0.15, 0.2) is 0 Å². The number of para-hydroxylation sites is 1. The summed E-state index contributed by atoms with van der Waals surface area (Å²) in [5, 5.41) is 13.6. The van der Waals surface area contributed by atoms with Crippen molar-refractivity contribution in [2.75, 3.05) is 5.32 Å². The Kier molecular flexibility index (Phi) is 14.4. The number of rotatable bonds is 19. The van der Waals surface area contributed by atoms with E-state index in [9.17, 15) is 5.11 Å². The summed E-state index contributed by atoms with van der Waals surface area (Å²) in [4.78, 5) is 0. The van der Waals surface area contributed by atoms with Gasteiger partial charge in [-0.25, -0.2) is 0 Å². The van der Waals surface area contributed by atoms with Crippen molar-refractivity contribution in [3.05, 3.63) is 54.1 Å². The van der Waals surface area contributed by atoms with Crippen LogP contribution in [0.3, 0.4) is 0 Å². The third-order valence-electron chi connectivity index (χ3n) is 6.44. The Labute approximate surface area is 197 Å². The van der Waals surface area contributed by atoms with Gasteiger partial charge in [-0.15, -0.1) is 0 Å². The summed E-state index contributed by atoms with van der Waals surface area (Å²) in [6.45, 7) is 2.29. The predicted molar refractivity (Wildman–Crippen MR) is 141 cm³/mol. The molecule has 0 amide bonds. The molecule has 2 aromatic rings. The molecular weight excluding hydrogens is 390 g/mol. The number of benzene rings is 2. The Balaban J connectivity index is 1.44. The molecule has 0 atom stereocenters. The SMILES string of the molecule is CCCCCCCCCCCCCCCCCCc1cc(Nc2ccccc2)ccc1O. The smallest absolute Gasteiger partial charge is 0.118 e. The highest BCUT2D eigenvalue weighted by molar-refractivity contribution is 5.61.